The summed E-state index contributed by atoms with van der Waals surface area (Å²) in [7, 11) is 0. The monoisotopic (exact) mass is 257 g/mol. The van der Waals surface area contributed by atoms with E-state index in [1.807, 2.05) is 0 Å². The van der Waals surface area contributed by atoms with E-state index in [0.717, 1.165) is 0 Å². The fourth-order valence-corrected chi connectivity index (χ4v) is 1.20. The van der Waals surface area contributed by atoms with Crippen molar-refractivity contribution in [2.45, 2.75) is 12.5 Å². The predicted molar refractivity (Wildman–Crippen MR) is 64.9 cm³/mol. The van der Waals surface area contributed by atoms with Crippen molar-refractivity contribution in [1.82, 2.24) is 4.98 Å². The summed E-state index contributed by atoms with van der Waals surface area (Å²) in [6.07, 6.45) is 0. The van der Waals surface area contributed by atoms with Crippen LogP contribution in [0.5, 0.6) is 0 Å². The molecule has 0 aliphatic heterocycles. The molecule has 100 valence electrons. The number of rotatable bonds is 6. The zero-order chi connectivity index (χ0) is 13.8. The standard InChI is InChI=1S/C9H15N5O4/c1-9(4-15,5-16)12-7-2-6(14(17)18)3-8(11-7)13-10/h2-3,15-16H,4-5,10H2,1H3,(H2,11,12,13). The van der Waals surface area contributed by atoms with Gasteiger partial charge in [-0.3, -0.25) is 10.1 Å². The highest BCUT2D eigenvalue weighted by Crippen LogP contribution is 2.22. The molecule has 0 saturated heterocycles. The van der Waals surface area contributed by atoms with Crippen LogP contribution in [0.2, 0.25) is 0 Å². The maximum Gasteiger partial charge on any atom is 0.276 e. The highest BCUT2D eigenvalue weighted by Gasteiger charge is 2.23. The van der Waals surface area contributed by atoms with E-state index < -0.39 is 10.5 Å². The van der Waals surface area contributed by atoms with Gasteiger partial charge in [-0.15, -0.1) is 0 Å². The molecule has 1 rings (SSSR count). The van der Waals surface area contributed by atoms with Gasteiger partial charge in [-0.05, 0) is 6.92 Å². The summed E-state index contributed by atoms with van der Waals surface area (Å²) < 4.78 is 0. The van der Waals surface area contributed by atoms with Crippen LogP contribution in [0.3, 0.4) is 0 Å². The van der Waals surface area contributed by atoms with Crippen LogP contribution < -0.4 is 16.6 Å². The molecule has 0 unspecified atom stereocenters. The van der Waals surface area contributed by atoms with Gasteiger partial charge in [-0.2, -0.15) is 0 Å². The highest BCUT2D eigenvalue weighted by atomic mass is 16.6. The second-order valence-electron chi connectivity index (χ2n) is 4.00. The summed E-state index contributed by atoms with van der Waals surface area (Å²) >= 11 is 0. The molecule has 18 heavy (non-hydrogen) atoms. The number of hydrazine groups is 1. The van der Waals surface area contributed by atoms with E-state index >= 15 is 0 Å². The molecule has 0 aliphatic carbocycles. The van der Waals surface area contributed by atoms with Crippen LogP contribution in [0, 0.1) is 10.1 Å². The Morgan fingerprint density at radius 3 is 2.44 bits per heavy atom. The fourth-order valence-electron chi connectivity index (χ4n) is 1.20. The third kappa shape index (κ3) is 3.26. The van der Waals surface area contributed by atoms with Gasteiger partial charge in [-0.1, -0.05) is 0 Å². The van der Waals surface area contributed by atoms with Crippen molar-refractivity contribution in [2.24, 2.45) is 5.84 Å². The van der Waals surface area contributed by atoms with Crippen LogP contribution in [0.1, 0.15) is 6.92 Å². The van der Waals surface area contributed by atoms with E-state index in [1.54, 1.807) is 6.92 Å². The van der Waals surface area contributed by atoms with Crippen molar-refractivity contribution in [2.75, 3.05) is 24.0 Å². The SMILES string of the molecule is CC(CO)(CO)Nc1cc([N+](=O)[O-])cc(NN)n1. The number of aromatic nitrogens is 1. The first-order chi connectivity index (χ1) is 8.44. The number of pyridine rings is 1. The molecule has 0 radical (unpaired) electrons. The Bertz CT molecular complexity index is 435. The summed E-state index contributed by atoms with van der Waals surface area (Å²) in [5.41, 5.74) is 0.961. The average Bonchev–Trinajstić information content (AvgIpc) is 2.38. The molecule has 0 aromatic carbocycles. The minimum atomic E-state index is -1.03. The Hall–Kier alpha value is -1.97. The van der Waals surface area contributed by atoms with E-state index in [4.69, 9.17) is 16.1 Å². The Balaban J connectivity index is 3.08. The number of aliphatic hydroxyl groups is 2. The van der Waals surface area contributed by atoms with Crippen LogP contribution in [-0.2, 0) is 0 Å². The molecule has 0 fully saturated rings. The molecule has 6 N–H and O–H groups in total. The fraction of sp³-hybridized carbons (Fsp3) is 0.444. The number of nitrogens with one attached hydrogen (secondary N) is 2. The van der Waals surface area contributed by atoms with Crippen LogP contribution in [-0.4, -0.2) is 38.9 Å². The molecule has 0 atom stereocenters. The van der Waals surface area contributed by atoms with Gasteiger partial charge in [0.15, 0.2) is 0 Å². The molecule has 0 aliphatic rings. The molecular formula is C9H15N5O4. The minimum absolute atomic E-state index is 0.102. The topological polar surface area (TPSA) is 147 Å². The first-order valence-electron chi connectivity index (χ1n) is 5.07. The largest absolute Gasteiger partial charge is 0.394 e. The predicted octanol–water partition coefficient (Wildman–Crippen LogP) is -0.569. The molecule has 1 aromatic heterocycles. The van der Waals surface area contributed by atoms with Gasteiger partial charge in [0.2, 0.25) is 0 Å². The summed E-state index contributed by atoms with van der Waals surface area (Å²) in [4.78, 5) is 14.1. The zero-order valence-corrected chi connectivity index (χ0v) is 9.75. The quantitative estimate of drug-likeness (QED) is 0.258. The number of nitrogens with two attached hydrogens (primary N) is 1. The Morgan fingerprint density at radius 1 is 1.44 bits per heavy atom. The van der Waals surface area contributed by atoms with Gasteiger partial charge < -0.3 is 21.0 Å². The molecule has 9 heteroatoms. The molecule has 9 nitrogen and oxygen atoms in total. The number of aliphatic hydroxyl groups excluding tert-OH is 2. The van der Waals surface area contributed by atoms with Crippen molar-refractivity contribution < 1.29 is 15.1 Å². The summed E-state index contributed by atoms with van der Waals surface area (Å²) in [6.45, 7) is 0.821. The van der Waals surface area contributed by atoms with Crippen molar-refractivity contribution in [3.8, 4) is 0 Å². The second kappa shape index (κ2) is 5.58. The average molecular weight is 257 g/mol. The lowest BCUT2D eigenvalue weighted by Crippen LogP contribution is -2.42. The van der Waals surface area contributed by atoms with Crippen LogP contribution in [0.15, 0.2) is 12.1 Å². The summed E-state index contributed by atoms with van der Waals surface area (Å²) in [6, 6.07) is 2.35. The van der Waals surface area contributed by atoms with Gasteiger partial charge in [0, 0.05) is 0 Å². The first-order valence-corrected chi connectivity index (χ1v) is 5.07. The van der Waals surface area contributed by atoms with Gasteiger partial charge in [0.05, 0.1) is 35.8 Å². The van der Waals surface area contributed by atoms with Crippen LogP contribution in [0.25, 0.3) is 0 Å². The van der Waals surface area contributed by atoms with Gasteiger partial charge in [-0.25, -0.2) is 10.8 Å². The summed E-state index contributed by atoms with van der Waals surface area (Å²) in [5, 5.41) is 31.7. The van der Waals surface area contributed by atoms with E-state index in [0.29, 0.717) is 0 Å². The van der Waals surface area contributed by atoms with E-state index in [-0.39, 0.29) is 30.5 Å². The van der Waals surface area contributed by atoms with E-state index in [2.05, 4.69) is 15.7 Å². The third-order valence-corrected chi connectivity index (χ3v) is 2.30. The second-order valence-corrected chi connectivity index (χ2v) is 4.00. The lowest BCUT2D eigenvalue weighted by atomic mass is 10.1. The molecule has 0 saturated carbocycles. The Morgan fingerprint density at radius 2 is 2.00 bits per heavy atom. The van der Waals surface area contributed by atoms with E-state index in [9.17, 15) is 10.1 Å². The number of hydrogen-bond donors (Lipinski definition) is 5. The zero-order valence-electron chi connectivity index (χ0n) is 9.75. The number of nitrogens with zero attached hydrogens (tertiary/aromatic N) is 2. The Kier molecular flexibility index (Phi) is 4.37. The van der Waals surface area contributed by atoms with Crippen molar-refractivity contribution in [1.29, 1.82) is 0 Å². The lowest BCUT2D eigenvalue weighted by Gasteiger charge is -2.26. The van der Waals surface area contributed by atoms with Crippen LogP contribution >= 0.6 is 0 Å². The number of hydrogen-bond acceptors (Lipinski definition) is 8. The molecule has 1 heterocycles. The van der Waals surface area contributed by atoms with Gasteiger partial charge >= 0.3 is 0 Å². The molecule has 0 spiro atoms. The van der Waals surface area contributed by atoms with Crippen molar-refractivity contribution >= 4 is 17.3 Å². The normalized spacial score (nSPS) is 11.1. The summed E-state index contributed by atoms with van der Waals surface area (Å²) in [5.74, 6) is 5.38. The highest BCUT2D eigenvalue weighted by molar-refractivity contribution is 5.55. The molecule has 1 aromatic rings. The van der Waals surface area contributed by atoms with Crippen LogP contribution in [0.4, 0.5) is 17.3 Å². The maximum absolute atomic E-state index is 10.7. The smallest absolute Gasteiger partial charge is 0.276 e. The molecule has 0 bridgehead atoms. The molecular weight excluding hydrogens is 242 g/mol. The number of nitrogen functional groups attached to an aromatic ring is 1. The van der Waals surface area contributed by atoms with Crippen molar-refractivity contribution in [3.63, 3.8) is 0 Å². The van der Waals surface area contributed by atoms with E-state index in [1.165, 1.54) is 12.1 Å². The minimum Gasteiger partial charge on any atom is -0.394 e. The lowest BCUT2D eigenvalue weighted by molar-refractivity contribution is -0.384. The van der Waals surface area contributed by atoms with Gasteiger partial charge in [0.25, 0.3) is 5.69 Å². The number of anilines is 2. The Labute approximate surface area is 103 Å². The van der Waals surface area contributed by atoms with Gasteiger partial charge in [0.1, 0.15) is 11.6 Å². The molecule has 0 amide bonds. The maximum atomic E-state index is 10.7. The van der Waals surface area contributed by atoms with Crippen molar-refractivity contribution in [3.05, 3.63) is 22.2 Å². The number of nitro groups is 1. The first kappa shape index (κ1) is 14.1. The third-order valence-electron chi connectivity index (χ3n) is 2.30.